The predicted molar refractivity (Wildman–Crippen MR) is 106 cm³/mol. The van der Waals surface area contributed by atoms with Crippen LogP contribution < -0.4 is 4.18 Å². The molecule has 1 amide bonds. The smallest absolute Gasteiger partial charge is 0.306 e. The molecule has 0 aliphatic heterocycles. The Balaban J connectivity index is 2.64. The van der Waals surface area contributed by atoms with Gasteiger partial charge in [0.25, 0.3) is 0 Å². The van der Waals surface area contributed by atoms with Crippen LogP contribution in [0, 0.1) is 5.92 Å². The van der Waals surface area contributed by atoms with Gasteiger partial charge >= 0.3 is 10.1 Å². The van der Waals surface area contributed by atoms with Crippen LogP contribution in [-0.2, 0) is 21.5 Å². The van der Waals surface area contributed by atoms with Gasteiger partial charge in [0.05, 0.1) is 6.26 Å². The number of unbranched alkanes of at least 4 members (excludes halogenated alkanes) is 4. The largest absolute Gasteiger partial charge is 0.383 e. The molecule has 0 saturated carbocycles. The fraction of sp³-hybridized carbons (Fsp3) is 0.650. The average molecular weight is 384 g/mol. The normalized spacial score (nSPS) is 11.6. The molecule has 0 radical (unpaired) electrons. The fourth-order valence-corrected chi connectivity index (χ4v) is 3.24. The van der Waals surface area contributed by atoms with E-state index in [0.717, 1.165) is 31.2 Å². The van der Waals surface area contributed by atoms with Gasteiger partial charge in [-0.1, -0.05) is 58.6 Å². The minimum absolute atomic E-state index is 0.187. The van der Waals surface area contributed by atoms with E-state index in [1.54, 1.807) is 12.1 Å². The molecule has 0 bridgehead atoms. The Labute approximate surface area is 158 Å². The molecule has 0 fully saturated rings. The van der Waals surface area contributed by atoms with E-state index >= 15 is 0 Å². The van der Waals surface area contributed by atoms with E-state index in [4.69, 9.17) is 4.18 Å². The molecule has 0 atom stereocenters. The molecule has 1 aromatic rings. The Kier molecular flexibility index (Phi) is 9.70. The van der Waals surface area contributed by atoms with Crippen LogP contribution in [0.25, 0.3) is 0 Å². The highest BCUT2D eigenvalue weighted by Gasteiger charge is 2.15. The van der Waals surface area contributed by atoms with Crippen LogP contribution in [0.15, 0.2) is 24.3 Å². The number of carbonyl (C=O) groups excluding carboxylic acids is 1. The summed E-state index contributed by atoms with van der Waals surface area (Å²) in [5.41, 5.74) is 0.964. The lowest BCUT2D eigenvalue weighted by molar-refractivity contribution is -0.132. The molecule has 1 aromatic carbocycles. The molecular formula is C20H33NO4S. The highest BCUT2D eigenvalue weighted by molar-refractivity contribution is 7.86. The summed E-state index contributed by atoms with van der Waals surface area (Å²) in [6.07, 6.45) is 7.27. The molecule has 0 heterocycles. The van der Waals surface area contributed by atoms with Gasteiger partial charge in [-0.3, -0.25) is 4.79 Å². The Bertz CT molecular complexity index is 638. The Hall–Kier alpha value is -1.56. The first-order valence-corrected chi connectivity index (χ1v) is 11.3. The summed E-state index contributed by atoms with van der Waals surface area (Å²) in [5.74, 6) is 0.868. The van der Waals surface area contributed by atoms with Crippen molar-refractivity contribution in [3.05, 3.63) is 29.8 Å². The van der Waals surface area contributed by atoms with Crippen molar-refractivity contribution in [1.82, 2.24) is 4.90 Å². The number of rotatable bonds is 12. The zero-order chi connectivity index (χ0) is 19.6. The van der Waals surface area contributed by atoms with E-state index in [1.807, 2.05) is 17.0 Å². The first-order chi connectivity index (χ1) is 12.2. The molecule has 148 valence electrons. The molecule has 0 unspecified atom stereocenters. The number of hydrogen-bond donors (Lipinski definition) is 0. The summed E-state index contributed by atoms with van der Waals surface area (Å²) in [4.78, 5) is 14.5. The summed E-state index contributed by atoms with van der Waals surface area (Å²) in [6.45, 7) is 7.64. The monoisotopic (exact) mass is 383 g/mol. The van der Waals surface area contributed by atoms with Crippen LogP contribution in [0.5, 0.6) is 5.75 Å². The zero-order valence-electron chi connectivity index (χ0n) is 16.5. The molecule has 26 heavy (non-hydrogen) atoms. The Morgan fingerprint density at radius 2 is 1.69 bits per heavy atom. The molecule has 5 nitrogen and oxygen atoms in total. The predicted octanol–water partition coefficient (Wildman–Crippen LogP) is 4.37. The second-order valence-electron chi connectivity index (χ2n) is 7.26. The van der Waals surface area contributed by atoms with Gasteiger partial charge in [-0.15, -0.1) is 0 Å². The third kappa shape index (κ3) is 9.80. The van der Waals surface area contributed by atoms with Crippen molar-refractivity contribution in [2.24, 2.45) is 5.92 Å². The lowest BCUT2D eigenvalue weighted by Crippen LogP contribution is -2.33. The van der Waals surface area contributed by atoms with Crippen molar-refractivity contribution in [3.8, 4) is 5.75 Å². The first-order valence-electron chi connectivity index (χ1n) is 9.47. The molecule has 0 saturated heterocycles. The van der Waals surface area contributed by atoms with Gasteiger partial charge < -0.3 is 9.08 Å². The van der Waals surface area contributed by atoms with E-state index in [1.165, 1.54) is 19.3 Å². The Morgan fingerprint density at radius 1 is 1.08 bits per heavy atom. The third-order valence-corrected chi connectivity index (χ3v) is 4.47. The van der Waals surface area contributed by atoms with Crippen molar-refractivity contribution >= 4 is 16.0 Å². The van der Waals surface area contributed by atoms with E-state index in [-0.39, 0.29) is 11.7 Å². The second-order valence-corrected chi connectivity index (χ2v) is 8.84. The van der Waals surface area contributed by atoms with Crippen LogP contribution in [-0.4, -0.2) is 32.0 Å². The van der Waals surface area contributed by atoms with Gasteiger partial charge in [0.15, 0.2) is 0 Å². The molecule has 0 aliphatic rings. The molecule has 0 aromatic heterocycles. The maximum Gasteiger partial charge on any atom is 0.306 e. The third-order valence-electron chi connectivity index (χ3n) is 3.98. The zero-order valence-corrected chi connectivity index (χ0v) is 17.3. The Morgan fingerprint density at radius 3 is 2.23 bits per heavy atom. The summed E-state index contributed by atoms with van der Waals surface area (Å²) in [5, 5.41) is 0. The fourth-order valence-electron chi connectivity index (χ4n) is 2.78. The topological polar surface area (TPSA) is 63.7 Å². The van der Waals surface area contributed by atoms with E-state index in [0.29, 0.717) is 18.9 Å². The van der Waals surface area contributed by atoms with Gasteiger partial charge in [-0.25, -0.2) is 0 Å². The summed E-state index contributed by atoms with van der Waals surface area (Å²) >= 11 is 0. The summed E-state index contributed by atoms with van der Waals surface area (Å²) in [6, 6.07) is 6.86. The van der Waals surface area contributed by atoms with Gasteiger partial charge in [-0.05, 0) is 30.0 Å². The summed E-state index contributed by atoms with van der Waals surface area (Å²) in [7, 11) is -3.52. The number of carbonyl (C=O) groups is 1. The number of nitrogens with zero attached hydrogens (tertiary/aromatic N) is 1. The highest BCUT2D eigenvalue weighted by atomic mass is 32.2. The molecule has 0 aliphatic carbocycles. The first kappa shape index (κ1) is 22.5. The van der Waals surface area contributed by atoms with E-state index in [2.05, 4.69) is 20.8 Å². The second kappa shape index (κ2) is 11.2. The quantitative estimate of drug-likeness (QED) is 0.397. The molecule has 6 heteroatoms. The van der Waals surface area contributed by atoms with Crippen LogP contribution >= 0.6 is 0 Å². The number of hydrogen-bond acceptors (Lipinski definition) is 4. The van der Waals surface area contributed by atoms with Crippen molar-refractivity contribution in [1.29, 1.82) is 0 Å². The van der Waals surface area contributed by atoms with Gasteiger partial charge in [0.1, 0.15) is 5.75 Å². The highest BCUT2D eigenvalue weighted by Crippen LogP contribution is 2.17. The molecule has 0 N–H and O–H groups in total. The van der Waals surface area contributed by atoms with Crippen LogP contribution in [0.2, 0.25) is 0 Å². The molecule has 0 spiro atoms. The van der Waals surface area contributed by atoms with E-state index in [9.17, 15) is 13.2 Å². The maximum absolute atomic E-state index is 12.6. The molecular weight excluding hydrogens is 350 g/mol. The van der Waals surface area contributed by atoms with Crippen molar-refractivity contribution in [3.63, 3.8) is 0 Å². The average Bonchev–Trinajstić information content (AvgIpc) is 2.54. The standard InChI is InChI=1S/C20H33NO4S/c1-5-6-7-8-9-10-20(22)21(15-17(2)3)16-18-11-13-19(14-12-18)25-26(4,23)24/h11-14,17H,5-10,15-16H2,1-4H3. The number of benzene rings is 1. The van der Waals surface area contributed by atoms with Crippen LogP contribution in [0.1, 0.15) is 64.9 Å². The minimum atomic E-state index is -3.52. The SMILES string of the molecule is CCCCCCCC(=O)N(Cc1ccc(OS(C)(=O)=O)cc1)CC(C)C. The van der Waals surface area contributed by atoms with Gasteiger partial charge in [0, 0.05) is 19.5 Å². The van der Waals surface area contributed by atoms with E-state index < -0.39 is 10.1 Å². The van der Waals surface area contributed by atoms with Crippen molar-refractivity contribution < 1.29 is 17.4 Å². The number of amides is 1. The molecule has 1 rings (SSSR count). The van der Waals surface area contributed by atoms with Crippen LogP contribution in [0.3, 0.4) is 0 Å². The van der Waals surface area contributed by atoms with Gasteiger partial charge in [-0.2, -0.15) is 8.42 Å². The maximum atomic E-state index is 12.6. The van der Waals surface area contributed by atoms with Crippen LogP contribution in [0.4, 0.5) is 0 Å². The summed E-state index contributed by atoms with van der Waals surface area (Å²) < 4.78 is 27.2. The lowest BCUT2D eigenvalue weighted by Gasteiger charge is -2.25. The van der Waals surface area contributed by atoms with Crippen molar-refractivity contribution in [2.75, 3.05) is 12.8 Å². The minimum Gasteiger partial charge on any atom is -0.383 e. The van der Waals surface area contributed by atoms with Crippen molar-refractivity contribution in [2.45, 2.75) is 65.8 Å². The lowest BCUT2D eigenvalue weighted by atomic mass is 10.1. The van der Waals surface area contributed by atoms with Gasteiger partial charge in [0.2, 0.25) is 5.91 Å².